The molecule has 0 N–H and O–H groups in total. The molecule has 0 radical (unpaired) electrons. The summed E-state index contributed by atoms with van der Waals surface area (Å²) in [5.74, 6) is -0.122. The van der Waals surface area contributed by atoms with Gasteiger partial charge in [0.15, 0.2) is 12.3 Å². The first-order chi connectivity index (χ1) is 15.8. The van der Waals surface area contributed by atoms with Gasteiger partial charge in [0, 0.05) is 6.04 Å². The second kappa shape index (κ2) is 10.1. The van der Waals surface area contributed by atoms with E-state index in [9.17, 15) is 14.4 Å². The normalized spacial score (nSPS) is 24.9. The minimum absolute atomic E-state index is 0.0454. The quantitative estimate of drug-likeness (QED) is 0.672. The first-order valence-electron chi connectivity index (χ1n) is 11.8. The fourth-order valence-corrected chi connectivity index (χ4v) is 4.76. The molecular weight excluding hydrogens is 424 g/mol. The maximum absolute atomic E-state index is 13.2. The molecule has 180 valence electrons. The average molecular weight is 459 g/mol. The molecule has 1 aromatic rings. The Morgan fingerprint density at radius 3 is 2.48 bits per heavy atom. The number of piperidine rings is 1. The Balaban J connectivity index is 1.52. The molecule has 0 aromatic heterocycles. The molecule has 9 heteroatoms. The molecule has 1 aromatic carbocycles. The van der Waals surface area contributed by atoms with Crippen LogP contribution in [0.25, 0.3) is 0 Å². The van der Waals surface area contributed by atoms with Gasteiger partial charge in [0.25, 0.3) is 5.91 Å². The smallest absolute Gasteiger partial charge is 0.436 e. The number of carbonyl (C=O) groups excluding carboxylic acids is 3. The zero-order valence-corrected chi connectivity index (χ0v) is 19.7. The molecule has 0 bridgehead atoms. The number of piperazine rings is 1. The van der Waals surface area contributed by atoms with Crippen molar-refractivity contribution in [3.05, 3.63) is 35.9 Å². The van der Waals surface area contributed by atoms with E-state index in [0.29, 0.717) is 6.42 Å². The topological polar surface area (TPSA) is 82.6 Å². The lowest BCUT2D eigenvalue weighted by Gasteiger charge is -2.51. The van der Waals surface area contributed by atoms with E-state index in [2.05, 4.69) is 11.9 Å². The summed E-state index contributed by atoms with van der Waals surface area (Å²) >= 11 is 0. The van der Waals surface area contributed by atoms with Gasteiger partial charge in [-0.3, -0.25) is 14.4 Å². The van der Waals surface area contributed by atoms with Crippen molar-refractivity contribution in [1.82, 2.24) is 19.8 Å². The number of benzene rings is 1. The van der Waals surface area contributed by atoms with E-state index >= 15 is 0 Å². The van der Waals surface area contributed by atoms with E-state index < -0.39 is 18.4 Å². The molecule has 1 unspecified atom stereocenters. The van der Waals surface area contributed by atoms with Crippen LogP contribution >= 0.6 is 0 Å². The van der Waals surface area contributed by atoms with Crippen LogP contribution < -0.4 is 0 Å². The molecule has 2 atom stereocenters. The van der Waals surface area contributed by atoms with Gasteiger partial charge in [-0.1, -0.05) is 44.2 Å². The lowest BCUT2D eigenvalue weighted by atomic mass is 10.0. The number of ether oxygens (including phenoxy) is 1. The van der Waals surface area contributed by atoms with Crippen molar-refractivity contribution in [2.75, 3.05) is 33.2 Å². The van der Waals surface area contributed by atoms with Crippen LogP contribution in [0.1, 0.15) is 38.7 Å². The van der Waals surface area contributed by atoms with Crippen LogP contribution in [0.3, 0.4) is 0 Å². The van der Waals surface area contributed by atoms with Crippen molar-refractivity contribution in [3.63, 3.8) is 0 Å². The number of hydrogen-bond donors (Lipinski definition) is 0. The fraction of sp³-hybridized carbons (Fsp3) is 0.625. The number of amides is 3. The molecular formula is C24H34N4O5. The Bertz CT molecular complexity index is 856. The third-order valence-corrected chi connectivity index (χ3v) is 6.62. The van der Waals surface area contributed by atoms with E-state index in [0.717, 1.165) is 31.5 Å². The average Bonchev–Trinajstić information content (AvgIpc) is 2.80. The highest BCUT2D eigenvalue weighted by molar-refractivity contribution is 5.89. The van der Waals surface area contributed by atoms with Crippen molar-refractivity contribution < 1.29 is 24.0 Å². The molecule has 33 heavy (non-hydrogen) atoms. The third kappa shape index (κ3) is 5.30. The van der Waals surface area contributed by atoms with E-state index in [1.54, 1.807) is 0 Å². The number of hydrogen-bond acceptors (Lipinski definition) is 6. The highest BCUT2D eigenvalue weighted by Gasteiger charge is 2.50. The number of hydroxylamine groups is 2. The van der Waals surface area contributed by atoms with Crippen LogP contribution in [0.15, 0.2) is 30.3 Å². The zero-order valence-electron chi connectivity index (χ0n) is 19.7. The standard InChI is InChI=1S/C24H34N4O5/c1-17(2)13-20-23(30)27-15-22(29)26(19-9-11-25(3)12-10-19)14-21(27)28(33-20)24(31)32-16-18-7-5-4-6-8-18/h4-8,17,19-21H,9-16H2,1-3H3/t20-,21?/m1/s1. The van der Waals surface area contributed by atoms with Crippen molar-refractivity contribution in [3.8, 4) is 0 Å². The lowest BCUT2D eigenvalue weighted by molar-refractivity contribution is -0.264. The Kier molecular flexibility index (Phi) is 7.19. The highest BCUT2D eigenvalue weighted by Crippen LogP contribution is 2.29. The van der Waals surface area contributed by atoms with Gasteiger partial charge in [-0.15, -0.1) is 0 Å². The number of likely N-dealkylation sites (tertiary alicyclic amines) is 1. The monoisotopic (exact) mass is 458 g/mol. The summed E-state index contributed by atoms with van der Waals surface area (Å²) in [5, 5.41) is 1.19. The van der Waals surface area contributed by atoms with Crippen molar-refractivity contribution in [1.29, 1.82) is 0 Å². The first-order valence-corrected chi connectivity index (χ1v) is 11.8. The summed E-state index contributed by atoms with van der Waals surface area (Å²) < 4.78 is 5.54. The third-order valence-electron chi connectivity index (χ3n) is 6.62. The molecule has 3 aliphatic heterocycles. The molecule has 4 rings (SSSR count). The summed E-state index contributed by atoms with van der Waals surface area (Å²) in [6, 6.07) is 9.51. The SMILES string of the molecule is CC(C)C[C@H]1ON(C(=O)OCc2ccccc2)C2CN(C3CCN(C)CC3)C(=O)CN2C1=O. The maximum Gasteiger partial charge on any atom is 0.436 e. The maximum atomic E-state index is 13.2. The molecule has 3 amide bonds. The minimum atomic E-state index is -0.812. The van der Waals surface area contributed by atoms with Crippen LogP contribution in [0.2, 0.25) is 0 Å². The Hall–Kier alpha value is -2.65. The minimum Gasteiger partial charge on any atom is -0.443 e. The second-order valence-corrected chi connectivity index (χ2v) is 9.62. The van der Waals surface area contributed by atoms with Gasteiger partial charge in [-0.25, -0.2) is 4.79 Å². The van der Waals surface area contributed by atoms with Crippen molar-refractivity contribution >= 4 is 17.9 Å². The van der Waals surface area contributed by atoms with Gasteiger partial charge in [0.2, 0.25) is 5.91 Å². The van der Waals surface area contributed by atoms with Crippen LogP contribution in [0.4, 0.5) is 4.79 Å². The fourth-order valence-electron chi connectivity index (χ4n) is 4.76. The largest absolute Gasteiger partial charge is 0.443 e. The van der Waals surface area contributed by atoms with Gasteiger partial charge in [0.1, 0.15) is 13.2 Å². The second-order valence-electron chi connectivity index (χ2n) is 9.62. The van der Waals surface area contributed by atoms with Gasteiger partial charge >= 0.3 is 6.09 Å². The molecule has 3 fully saturated rings. The van der Waals surface area contributed by atoms with E-state index in [-0.39, 0.29) is 43.5 Å². The van der Waals surface area contributed by atoms with Crippen LogP contribution in [0, 0.1) is 5.92 Å². The van der Waals surface area contributed by atoms with E-state index in [4.69, 9.17) is 9.57 Å². The predicted octanol–water partition coefficient (Wildman–Crippen LogP) is 2.08. The molecule has 3 saturated heterocycles. The molecule has 0 aliphatic carbocycles. The van der Waals surface area contributed by atoms with Crippen molar-refractivity contribution in [2.45, 2.75) is 58.0 Å². The first kappa shape index (κ1) is 23.5. The van der Waals surface area contributed by atoms with Gasteiger partial charge in [0.05, 0.1) is 6.54 Å². The van der Waals surface area contributed by atoms with E-state index in [1.165, 1.54) is 9.96 Å². The van der Waals surface area contributed by atoms with Gasteiger partial charge in [-0.2, -0.15) is 5.06 Å². The summed E-state index contributed by atoms with van der Waals surface area (Å²) in [6.45, 7) is 6.10. The Labute approximate surface area is 195 Å². The number of rotatable bonds is 5. The Morgan fingerprint density at radius 2 is 1.82 bits per heavy atom. The molecule has 0 spiro atoms. The molecule has 3 aliphatic rings. The molecule has 3 heterocycles. The number of nitrogens with zero attached hydrogens (tertiary/aromatic N) is 4. The summed E-state index contributed by atoms with van der Waals surface area (Å²) in [7, 11) is 2.07. The number of fused-ring (bicyclic) bond motifs is 1. The molecule has 0 saturated carbocycles. The van der Waals surface area contributed by atoms with Crippen LogP contribution in [-0.4, -0.2) is 89.2 Å². The number of carbonyl (C=O) groups is 3. The van der Waals surface area contributed by atoms with Crippen LogP contribution in [-0.2, 0) is 25.8 Å². The van der Waals surface area contributed by atoms with E-state index in [1.807, 2.05) is 49.1 Å². The lowest BCUT2D eigenvalue weighted by Crippen LogP contribution is -2.71. The molecule has 9 nitrogen and oxygen atoms in total. The summed E-state index contributed by atoms with van der Waals surface area (Å²) in [6.07, 6.45) is 0.0517. The van der Waals surface area contributed by atoms with Crippen molar-refractivity contribution in [2.24, 2.45) is 5.92 Å². The summed E-state index contributed by atoms with van der Waals surface area (Å²) in [5.41, 5.74) is 0.862. The van der Waals surface area contributed by atoms with Gasteiger partial charge in [-0.05, 0) is 50.9 Å². The Morgan fingerprint density at radius 1 is 1.12 bits per heavy atom. The summed E-state index contributed by atoms with van der Waals surface area (Å²) in [4.78, 5) is 50.8. The van der Waals surface area contributed by atoms with Crippen LogP contribution in [0.5, 0.6) is 0 Å². The highest BCUT2D eigenvalue weighted by atomic mass is 16.7. The van der Waals surface area contributed by atoms with Gasteiger partial charge < -0.3 is 19.4 Å². The zero-order chi connectivity index (χ0) is 23.5. The predicted molar refractivity (Wildman–Crippen MR) is 121 cm³/mol.